The van der Waals surface area contributed by atoms with Gasteiger partial charge in [0.25, 0.3) is 5.91 Å². The maximum Gasteiger partial charge on any atom is 0.258 e. The van der Waals surface area contributed by atoms with Crippen LogP contribution < -0.4 is 10.4 Å². The molecule has 3 rings (SSSR count). The number of hydrogen-bond acceptors (Lipinski definition) is 4. The first-order chi connectivity index (χ1) is 10.4. The molecule has 2 aromatic rings. The molecule has 2 aromatic heterocycles. The summed E-state index contributed by atoms with van der Waals surface area (Å²) in [5.41, 5.74) is 2.09. The maximum atomic E-state index is 13.4. The van der Waals surface area contributed by atoms with E-state index in [1.54, 1.807) is 13.0 Å². The van der Waals surface area contributed by atoms with Crippen LogP contribution in [-0.4, -0.2) is 16.8 Å². The average Bonchev–Trinajstić information content (AvgIpc) is 3.00. The number of carbonyl (C=O) groups is 2. The van der Waals surface area contributed by atoms with E-state index in [0.29, 0.717) is 0 Å². The molecule has 5 nitrogen and oxygen atoms in total. The highest BCUT2D eigenvalue weighted by Gasteiger charge is 2.46. The van der Waals surface area contributed by atoms with Crippen molar-refractivity contribution in [1.82, 2.24) is 10.4 Å². The van der Waals surface area contributed by atoms with Crippen LogP contribution in [0.1, 0.15) is 18.9 Å². The largest absolute Gasteiger partial charge is 0.273 e. The topological polar surface area (TPSA) is 62.3 Å². The molecule has 1 aliphatic heterocycles. The summed E-state index contributed by atoms with van der Waals surface area (Å²) < 4.78 is 13.4. The fourth-order valence-corrected chi connectivity index (χ4v) is 3.36. The van der Waals surface area contributed by atoms with E-state index in [0.717, 1.165) is 16.6 Å². The lowest BCUT2D eigenvalue weighted by molar-refractivity contribution is -0.136. The molecule has 2 amide bonds. The molecular weight excluding hydrogens is 329 g/mol. The molecule has 1 unspecified atom stereocenters. The molecule has 8 heteroatoms. The van der Waals surface area contributed by atoms with Gasteiger partial charge in [0.15, 0.2) is 5.82 Å². The second-order valence-electron chi connectivity index (χ2n) is 5.14. The Morgan fingerprint density at radius 1 is 1.41 bits per heavy atom. The lowest BCUT2D eigenvalue weighted by atomic mass is 9.78. The molecule has 22 heavy (non-hydrogen) atoms. The molecule has 1 N–H and O–H groups in total. The molecule has 1 saturated heterocycles. The summed E-state index contributed by atoms with van der Waals surface area (Å²) in [6.45, 7) is 1.68. The number of carbonyl (C=O) groups excluding carboxylic acids is 2. The number of nitrogens with zero attached hydrogens (tertiary/aromatic N) is 2. The van der Waals surface area contributed by atoms with Gasteiger partial charge in [-0.2, -0.15) is 20.7 Å². The number of anilines is 1. The summed E-state index contributed by atoms with van der Waals surface area (Å²) in [6.07, 6.45) is 0.00595. The molecule has 0 spiro atoms. The predicted molar refractivity (Wildman–Crippen MR) is 81.1 cm³/mol. The van der Waals surface area contributed by atoms with E-state index in [1.165, 1.54) is 17.4 Å². The third-order valence-electron chi connectivity index (χ3n) is 3.59. The summed E-state index contributed by atoms with van der Waals surface area (Å²) >= 11 is 7.42. The first kappa shape index (κ1) is 14.9. The summed E-state index contributed by atoms with van der Waals surface area (Å²) in [5, 5.41) is 4.65. The lowest BCUT2D eigenvalue weighted by Crippen LogP contribution is -2.60. The van der Waals surface area contributed by atoms with E-state index in [9.17, 15) is 14.0 Å². The maximum absolute atomic E-state index is 13.4. The van der Waals surface area contributed by atoms with Crippen LogP contribution in [0.3, 0.4) is 0 Å². The van der Waals surface area contributed by atoms with Gasteiger partial charge in [0, 0.05) is 6.42 Å². The number of halogens is 2. The Kier molecular flexibility index (Phi) is 3.62. The van der Waals surface area contributed by atoms with Gasteiger partial charge in [0.2, 0.25) is 11.9 Å². The Bertz CT molecular complexity index is 753. The Morgan fingerprint density at radius 3 is 2.86 bits per heavy atom. The van der Waals surface area contributed by atoms with Crippen molar-refractivity contribution in [3.05, 3.63) is 45.5 Å². The molecule has 1 atom stereocenters. The van der Waals surface area contributed by atoms with Gasteiger partial charge in [0.05, 0.1) is 10.4 Å². The van der Waals surface area contributed by atoms with Crippen LogP contribution in [0, 0.1) is 5.95 Å². The summed E-state index contributed by atoms with van der Waals surface area (Å²) in [5.74, 6) is -1.69. The molecule has 114 valence electrons. The highest BCUT2D eigenvalue weighted by Crippen LogP contribution is 2.36. The standard InChI is InChI=1S/C14H11ClFN3O2S/c1-14(8-4-5-22-7-8)6-11(20)18-19(13(14)21)12-9(15)2-3-10(16)17-12/h2-5,7H,6H2,1H3,(H,18,20). The van der Waals surface area contributed by atoms with Gasteiger partial charge in [-0.3, -0.25) is 15.0 Å². The van der Waals surface area contributed by atoms with Crippen molar-refractivity contribution in [1.29, 1.82) is 0 Å². The average molecular weight is 340 g/mol. The van der Waals surface area contributed by atoms with Crippen LogP contribution in [0.15, 0.2) is 29.0 Å². The van der Waals surface area contributed by atoms with E-state index < -0.39 is 17.3 Å². The van der Waals surface area contributed by atoms with Crippen molar-refractivity contribution in [2.45, 2.75) is 18.8 Å². The zero-order chi connectivity index (χ0) is 15.9. The molecule has 0 bridgehead atoms. The number of nitrogens with one attached hydrogen (secondary N) is 1. The normalized spacial score (nSPS) is 21.9. The van der Waals surface area contributed by atoms with Crippen molar-refractivity contribution >= 4 is 40.6 Å². The van der Waals surface area contributed by atoms with Crippen molar-refractivity contribution < 1.29 is 14.0 Å². The smallest absolute Gasteiger partial charge is 0.258 e. The molecule has 0 radical (unpaired) electrons. The number of aromatic nitrogens is 1. The quantitative estimate of drug-likeness (QED) is 0.856. The Labute approximate surface area is 134 Å². The third kappa shape index (κ3) is 2.36. The van der Waals surface area contributed by atoms with Gasteiger partial charge in [0.1, 0.15) is 0 Å². The van der Waals surface area contributed by atoms with Gasteiger partial charge >= 0.3 is 0 Å². The highest BCUT2D eigenvalue weighted by atomic mass is 35.5. The highest BCUT2D eigenvalue weighted by molar-refractivity contribution is 7.08. The monoisotopic (exact) mass is 339 g/mol. The Morgan fingerprint density at radius 2 is 2.18 bits per heavy atom. The van der Waals surface area contributed by atoms with E-state index >= 15 is 0 Å². The molecule has 3 heterocycles. The molecule has 0 aliphatic carbocycles. The van der Waals surface area contributed by atoms with Gasteiger partial charge in [-0.25, -0.2) is 5.01 Å². The fourth-order valence-electron chi connectivity index (χ4n) is 2.38. The number of amides is 2. The van der Waals surface area contributed by atoms with Gasteiger partial charge in [-0.15, -0.1) is 0 Å². The molecule has 0 aromatic carbocycles. The summed E-state index contributed by atoms with van der Waals surface area (Å²) in [4.78, 5) is 28.5. The first-order valence-corrected chi connectivity index (χ1v) is 7.72. The number of pyridine rings is 1. The lowest BCUT2D eigenvalue weighted by Gasteiger charge is -2.38. The number of thiophene rings is 1. The number of hydrogen-bond donors (Lipinski definition) is 1. The fraction of sp³-hybridized carbons (Fsp3) is 0.214. The third-order valence-corrected chi connectivity index (χ3v) is 4.57. The van der Waals surface area contributed by atoms with Crippen molar-refractivity contribution in [3.63, 3.8) is 0 Å². The second kappa shape index (κ2) is 5.33. The zero-order valence-corrected chi connectivity index (χ0v) is 13.0. The predicted octanol–water partition coefficient (Wildman–Crippen LogP) is 2.66. The van der Waals surface area contributed by atoms with Gasteiger partial charge in [-0.05, 0) is 41.4 Å². The minimum Gasteiger partial charge on any atom is -0.273 e. The number of rotatable bonds is 2. The molecule has 0 saturated carbocycles. The van der Waals surface area contributed by atoms with Crippen LogP contribution in [0.25, 0.3) is 0 Å². The van der Waals surface area contributed by atoms with E-state index in [2.05, 4.69) is 10.4 Å². The summed E-state index contributed by atoms with van der Waals surface area (Å²) in [7, 11) is 0. The van der Waals surface area contributed by atoms with Crippen LogP contribution in [-0.2, 0) is 15.0 Å². The van der Waals surface area contributed by atoms with Gasteiger partial charge in [-0.1, -0.05) is 11.6 Å². The molecule has 1 fully saturated rings. The number of hydrazine groups is 1. The van der Waals surface area contributed by atoms with E-state index in [-0.39, 0.29) is 23.2 Å². The Balaban J connectivity index is 2.07. The van der Waals surface area contributed by atoms with Crippen LogP contribution in [0.2, 0.25) is 5.02 Å². The van der Waals surface area contributed by atoms with Crippen LogP contribution in [0.5, 0.6) is 0 Å². The minimum absolute atomic E-state index is 0.00595. The molecular formula is C14H11ClFN3O2S. The van der Waals surface area contributed by atoms with Crippen molar-refractivity contribution in [2.24, 2.45) is 0 Å². The van der Waals surface area contributed by atoms with E-state index in [1.807, 2.05) is 10.8 Å². The molecule has 1 aliphatic rings. The first-order valence-electron chi connectivity index (χ1n) is 6.40. The van der Waals surface area contributed by atoms with Gasteiger partial charge < -0.3 is 0 Å². The Hall–Kier alpha value is -1.99. The van der Waals surface area contributed by atoms with E-state index in [4.69, 9.17) is 11.6 Å². The van der Waals surface area contributed by atoms with Crippen LogP contribution >= 0.6 is 22.9 Å². The second-order valence-corrected chi connectivity index (χ2v) is 6.32. The van der Waals surface area contributed by atoms with Crippen molar-refractivity contribution in [3.8, 4) is 0 Å². The minimum atomic E-state index is -1.04. The summed E-state index contributed by atoms with van der Waals surface area (Å²) in [6, 6.07) is 4.16. The van der Waals surface area contributed by atoms with Crippen LogP contribution in [0.4, 0.5) is 10.2 Å². The van der Waals surface area contributed by atoms with Crippen molar-refractivity contribution in [2.75, 3.05) is 5.01 Å². The SMILES string of the molecule is CC1(c2ccsc2)CC(=O)NN(c2nc(F)ccc2Cl)C1=O. The zero-order valence-electron chi connectivity index (χ0n) is 11.5.